The molecule has 0 aliphatic heterocycles. The third-order valence-corrected chi connectivity index (χ3v) is 3.31. The van der Waals surface area contributed by atoms with Gasteiger partial charge in [-0.25, -0.2) is 9.52 Å². The van der Waals surface area contributed by atoms with Gasteiger partial charge in [0.05, 0.1) is 12.8 Å². The molecule has 17 heavy (non-hydrogen) atoms. The van der Waals surface area contributed by atoms with Crippen LogP contribution in [0.2, 0.25) is 0 Å². The maximum atomic E-state index is 11.6. The number of carbonyl (C=O) groups excluding carboxylic acids is 1. The van der Waals surface area contributed by atoms with Gasteiger partial charge >= 0.3 is 16.3 Å². The molecular weight excluding hydrogens is 248 g/mol. The highest BCUT2D eigenvalue weighted by atomic mass is 32.2. The van der Waals surface area contributed by atoms with E-state index >= 15 is 0 Å². The number of nitrogens with one attached hydrogen (secondary N) is 1. The first-order valence-electron chi connectivity index (χ1n) is 4.50. The average Bonchev–Trinajstić information content (AvgIpc) is 2.27. The van der Waals surface area contributed by atoms with Crippen LogP contribution in [0.4, 0.5) is 10.5 Å². The number of methoxy groups -OCH3 is 1. The molecule has 1 rings (SSSR count). The van der Waals surface area contributed by atoms with Crippen LogP contribution in [0.15, 0.2) is 24.3 Å². The van der Waals surface area contributed by atoms with Gasteiger partial charge in [-0.3, -0.25) is 4.31 Å². The molecule has 1 aromatic carbocycles. The average molecular weight is 260 g/mol. The highest BCUT2D eigenvalue weighted by Gasteiger charge is 2.21. The van der Waals surface area contributed by atoms with Gasteiger partial charge in [-0.2, -0.15) is 8.42 Å². The van der Waals surface area contributed by atoms with Crippen molar-refractivity contribution in [2.45, 2.75) is 0 Å². The number of benzene rings is 1. The number of amides is 1. The largest absolute Gasteiger partial charge is 0.508 e. The second-order valence-electron chi connectivity index (χ2n) is 3.09. The van der Waals surface area contributed by atoms with Crippen LogP contribution in [-0.4, -0.2) is 33.8 Å². The molecule has 0 aromatic heterocycles. The summed E-state index contributed by atoms with van der Waals surface area (Å²) in [5, 5.41) is 9.22. The SMILES string of the molecule is COC(=O)NS(=O)(=O)N(C)c1cccc(O)c1. The fourth-order valence-corrected chi connectivity index (χ4v) is 1.87. The molecule has 0 saturated heterocycles. The second-order valence-corrected chi connectivity index (χ2v) is 4.79. The summed E-state index contributed by atoms with van der Waals surface area (Å²) >= 11 is 0. The molecule has 0 atom stereocenters. The monoisotopic (exact) mass is 260 g/mol. The number of hydrogen-bond donors (Lipinski definition) is 2. The topological polar surface area (TPSA) is 95.9 Å². The van der Waals surface area contributed by atoms with E-state index in [1.54, 1.807) is 4.72 Å². The highest BCUT2D eigenvalue weighted by molar-refractivity contribution is 7.91. The molecule has 0 saturated carbocycles. The Morgan fingerprint density at radius 2 is 2.12 bits per heavy atom. The van der Waals surface area contributed by atoms with Gasteiger partial charge < -0.3 is 9.84 Å². The van der Waals surface area contributed by atoms with Crippen LogP contribution in [0.5, 0.6) is 5.75 Å². The van der Waals surface area contributed by atoms with Gasteiger partial charge in [-0.15, -0.1) is 0 Å². The molecule has 2 N–H and O–H groups in total. The summed E-state index contributed by atoms with van der Waals surface area (Å²) < 4.78 is 30.0. The lowest BCUT2D eigenvalue weighted by atomic mass is 10.3. The maximum absolute atomic E-state index is 11.6. The molecule has 94 valence electrons. The Morgan fingerprint density at radius 3 is 2.65 bits per heavy atom. The Balaban J connectivity index is 2.96. The van der Waals surface area contributed by atoms with Crippen LogP contribution in [0.25, 0.3) is 0 Å². The van der Waals surface area contributed by atoms with E-state index in [4.69, 9.17) is 0 Å². The van der Waals surface area contributed by atoms with E-state index in [-0.39, 0.29) is 11.4 Å². The number of carbonyl (C=O) groups is 1. The van der Waals surface area contributed by atoms with E-state index in [2.05, 4.69) is 4.74 Å². The molecule has 0 heterocycles. The molecule has 1 aromatic rings. The fraction of sp³-hybridized carbons (Fsp3) is 0.222. The second kappa shape index (κ2) is 4.91. The lowest BCUT2D eigenvalue weighted by molar-refractivity contribution is 0.177. The van der Waals surface area contributed by atoms with E-state index in [1.165, 1.54) is 31.3 Å². The van der Waals surface area contributed by atoms with Gasteiger partial charge in [-0.1, -0.05) is 6.07 Å². The molecular formula is C9H12N2O5S. The van der Waals surface area contributed by atoms with E-state index in [1.807, 2.05) is 0 Å². The summed E-state index contributed by atoms with van der Waals surface area (Å²) in [7, 11) is -1.75. The number of anilines is 1. The number of rotatable bonds is 3. The Kier molecular flexibility index (Phi) is 3.79. The molecule has 0 bridgehead atoms. The molecule has 8 heteroatoms. The first-order valence-corrected chi connectivity index (χ1v) is 5.94. The van der Waals surface area contributed by atoms with Crippen LogP contribution in [0, 0.1) is 0 Å². The van der Waals surface area contributed by atoms with Crippen molar-refractivity contribution >= 4 is 22.0 Å². The predicted molar refractivity (Wildman–Crippen MR) is 61.0 cm³/mol. The highest BCUT2D eigenvalue weighted by Crippen LogP contribution is 2.20. The number of aromatic hydroxyl groups is 1. The van der Waals surface area contributed by atoms with Crippen LogP contribution < -0.4 is 9.03 Å². The van der Waals surface area contributed by atoms with E-state index in [9.17, 15) is 18.3 Å². The molecule has 7 nitrogen and oxygen atoms in total. The van der Waals surface area contributed by atoms with Crippen LogP contribution in [-0.2, 0) is 14.9 Å². The van der Waals surface area contributed by atoms with Gasteiger partial charge in [0.15, 0.2) is 0 Å². The number of phenols is 1. The molecule has 0 spiro atoms. The summed E-state index contributed by atoms with van der Waals surface area (Å²) in [6.45, 7) is 0. The molecule has 0 fully saturated rings. The van der Waals surface area contributed by atoms with Gasteiger partial charge in [0.2, 0.25) is 0 Å². The van der Waals surface area contributed by atoms with Crippen molar-refractivity contribution in [3.05, 3.63) is 24.3 Å². The summed E-state index contributed by atoms with van der Waals surface area (Å²) in [5.41, 5.74) is 0.210. The van der Waals surface area contributed by atoms with Crippen molar-refractivity contribution in [1.82, 2.24) is 4.72 Å². The van der Waals surface area contributed by atoms with Crippen molar-refractivity contribution in [1.29, 1.82) is 0 Å². The minimum Gasteiger partial charge on any atom is -0.508 e. The molecule has 0 aliphatic rings. The molecule has 0 aliphatic carbocycles. The zero-order valence-electron chi connectivity index (χ0n) is 9.25. The lowest BCUT2D eigenvalue weighted by Crippen LogP contribution is -2.41. The zero-order valence-corrected chi connectivity index (χ0v) is 10.1. The smallest absolute Gasteiger partial charge is 0.422 e. The van der Waals surface area contributed by atoms with Gasteiger partial charge in [0, 0.05) is 13.1 Å². The minimum absolute atomic E-state index is 0.0809. The number of hydrogen-bond acceptors (Lipinski definition) is 5. The normalized spacial score (nSPS) is 10.7. The molecule has 1 amide bonds. The van der Waals surface area contributed by atoms with Crippen molar-refractivity contribution in [3.8, 4) is 5.75 Å². The first-order chi connectivity index (χ1) is 7.86. The van der Waals surface area contributed by atoms with Gasteiger partial charge in [0.1, 0.15) is 5.75 Å². The third kappa shape index (κ3) is 3.25. The minimum atomic E-state index is -4.04. The van der Waals surface area contributed by atoms with Crippen molar-refractivity contribution in [2.75, 3.05) is 18.5 Å². The first kappa shape index (κ1) is 13.1. The van der Waals surface area contributed by atoms with E-state index in [0.29, 0.717) is 0 Å². The summed E-state index contributed by atoms with van der Waals surface area (Å²) in [4.78, 5) is 10.8. The van der Waals surface area contributed by atoms with Crippen LogP contribution in [0.3, 0.4) is 0 Å². The standard InChI is InChI=1S/C9H12N2O5S/c1-11(7-4-3-5-8(12)6-7)17(14,15)10-9(13)16-2/h3-6,12H,1-2H3,(H,10,13). The summed E-state index contributed by atoms with van der Waals surface area (Å²) in [6.07, 6.45) is -1.09. The Hall–Kier alpha value is -1.96. The third-order valence-electron chi connectivity index (χ3n) is 1.95. The molecule has 0 radical (unpaired) electrons. The summed E-state index contributed by atoms with van der Waals surface area (Å²) in [5.74, 6) is -0.0809. The summed E-state index contributed by atoms with van der Waals surface area (Å²) in [6, 6.07) is 5.60. The number of phenolic OH excluding ortho intramolecular Hbond substituents is 1. The Bertz CT molecular complexity index is 514. The number of nitrogens with zero attached hydrogens (tertiary/aromatic N) is 1. The van der Waals surface area contributed by atoms with Crippen molar-refractivity contribution < 1.29 is 23.1 Å². The number of ether oxygens (including phenoxy) is 1. The predicted octanol–water partition coefficient (Wildman–Crippen LogP) is 0.429. The van der Waals surface area contributed by atoms with Crippen molar-refractivity contribution in [3.63, 3.8) is 0 Å². The van der Waals surface area contributed by atoms with E-state index in [0.717, 1.165) is 11.4 Å². The lowest BCUT2D eigenvalue weighted by Gasteiger charge is -2.19. The van der Waals surface area contributed by atoms with Crippen LogP contribution >= 0.6 is 0 Å². The van der Waals surface area contributed by atoms with Gasteiger partial charge in [0.25, 0.3) is 0 Å². The quantitative estimate of drug-likeness (QED) is 0.821. The Morgan fingerprint density at radius 1 is 1.47 bits per heavy atom. The van der Waals surface area contributed by atoms with Crippen molar-refractivity contribution in [2.24, 2.45) is 0 Å². The maximum Gasteiger partial charge on any atom is 0.422 e. The Labute approximate surface area is 98.8 Å². The molecule has 0 unspecified atom stereocenters. The van der Waals surface area contributed by atoms with Gasteiger partial charge in [-0.05, 0) is 12.1 Å². The van der Waals surface area contributed by atoms with Crippen LogP contribution in [0.1, 0.15) is 0 Å². The van der Waals surface area contributed by atoms with E-state index < -0.39 is 16.3 Å². The fourth-order valence-electron chi connectivity index (χ4n) is 1.04. The zero-order chi connectivity index (χ0) is 13.1.